The minimum atomic E-state index is -0.119. The van der Waals surface area contributed by atoms with Crippen molar-refractivity contribution in [2.24, 2.45) is 0 Å². The topological polar surface area (TPSA) is 70.7 Å². The summed E-state index contributed by atoms with van der Waals surface area (Å²) in [6, 6.07) is 14.2. The van der Waals surface area contributed by atoms with Crippen molar-refractivity contribution >= 4 is 23.2 Å². The molecule has 36 heavy (non-hydrogen) atoms. The number of fused-ring (bicyclic) bond motifs is 1. The minimum absolute atomic E-state index is 0.0101. The van der Waals surface area contributed by atoms with Crippen molar-refractivity contribution in [3.63, 3.8) is 0 Å². The highest BCUT2D eigenvalue weighted by atomic mass is 16.5. The van der Waals surface area contributed by atoms with Gasteiger partial charge in [-0.2, -0.15) is 0 Å². The average molecular weight is 492 g/mol. The second-order valence-electron chi connectivity index (χ2n) is 10.1. The number of rotatable bonds is 12. The van der Waals surface area contributed by atoms with Crippen LogP contribution in [0.25, 0.3) is 0 Å². The number of anilines is 2. The molecule has 4 rings (SSSR count). The Morgan fingerprint density at radius 2 is 1.83 bits per heavy atom. The molecule has 2 aromatic rings. The van der Waals surface area contributed by atoms with Crippen LogP contribution in [0.3, 0.4) is 0 Å². The van der Waals surface area contributed by atoms with E-state index in [4.69, 9.17) is 4.74 Å². The van der Waals surface area contributed by atoms with Crippen molar-refractivity contribution in [2.75, 3.05) is 29.9 Å². The zero-order valence-electron chi connectivity index (χ0n) is 21.7. The molecule has 0 aliphatic carbocycles. The Morgan fingerprint density at radius 3 is 2.64 bits per heavy atom. The maximum absolute atomic E-state index is 13.3. The van der Waals surface area contributed by atoms with E-state index in [9.17, 15) is 9.59 Å². The van der Waals surface area contributed by atoms with Crippen LogP contribution in [-0.2, 0) is 22.5 Å². The first-order valence-electron chi connectivity index (χ1n) is 13.8. The molecule has 2 aliphatic heterocycles. The van der Waals surface area contributed by atoms with Crippen molar-refractivity contribution in [3.8, 4) is 0 Å². The molecule has 0 aromatic heterocycles. The highest BCUT2D eigenvalue weighted by Gasteiger charge is 2.23. The summed E-state index contributed by atoms with van der Waals surface area (Å²) in [4.78, 5) is 28.2. The van der Waals surface area contributed by atoms with Gasteiger partial charge >= 0.3 is 0 Å². The normalized spacial score (nSPS) is 17.0. The quantitative estimate of drug-likeness (QED) is 0.366. The number of carbonyl (C=O) groups is 2. The fraction of sp³-hybridized carbons (Fsp3) is 0.533. The average Bonchev–Trinajstić information content (AvgIpc) is 3.43. The Hall–Kier alpha value is -2.86. The smallest absolute Gasteiger partial charge is 0.253 e. The van der Waals surface area contributed by atoms with Crippen LogP contribution >= 0.6 is 0 Å². The van der Waals surface area contributed by atoms with Gasteiger partial charge in [0.05, 0.1) is 11.7 Å². The van der Waals surface area contributed by atoms with Crippen molar-refractivity contribution < 1.29 is 14.3 Å². The van der Waals surface area contributed by atoms with Crippen LogP contribution in [0.15, 0.2) is 42.5 Å². The predicted octanol–water partition coefficient (Wildman–Crippen LogP) is 5.85. The predicted molar refractivity (Wildman–Crippen MR) is 146 cm³/mol. The number of amides is 2. The van der Waals surface area contributed by atoms with E-state index >= 15 is 0 Å². The van der Waals surface area contributed by atoms with Crippen LogP contribution in [0, 0.1) is 0 Å². The molecule has 6 heteroatoms. The summed E-state index contributed by atoms with van der Waals surface area (Å²) >= 11 is 0. The number of benzene rings is 2. The number of nitrogens with zero attached hydrogens (tertiary/aromatic N) is 1. The first-order valence-corrected chi connectivity index (χ1v) is 13.8. The van der Waals surface area contributed by atoms with Crippen LogP contribution < -0.4 is 15.5 Å². The van der Waals surface area contributed by atoms with Gasteiger partial charge in [0, 0.05) is 44.0 Å². The van der Waals surface area contributed by atoms with E-state index in [0.717, 1.165) is 57.5 Å². The van der Waals surface area contributed by atoms with E-state index in [-0.39, 0.29) is 17.9 Å². The number of ether oxygens (including phenoxy) is 1. The summed E-state index contributed by atoms with van der Waals surface area (Å²) < 4.78 is 5.69. The van der Waals surface area contributed by atoms with Crippen molar-refractivity contribution in [1.29, 1.82) is 0 Å². The number of hydrogen-bond acceptors (Lipinski definition) is 4. The molecule has 1 unspecified atom stereocenters. The molecule has 0 spiro atoms. The van der Waals surface area contributed by atoms with Crippen LogP contribution in [0.5, 0.6) is 0 Å². The molecule has 0 radical (unpaired) electrons. The fourth-order valence-electron chi connectivity index (χ4n) is 5.17. The zero-order chi connectivity index (χ0) is 25.2. The molecule has 2 N–H and O–H groups in total. The van der Waals surface area contributed by atoms with Gasteiger partial charge in [0.1, 0.15) is 0 Å². The Bertz CT molecular complexity index is 1020. The van der Waals surface area contributed by atoms with Crippen LogP contribution in [0.2, 0.25) is 0 Å². The van der Waals surface area contributed by atoms with Crippen LogP contribution in [-0.4, -0.2) is 37.6 Å². The third kappa shape index (κ3) is 7.33. The largest absolute Gasteiger partial charge is 0.376 e. The third-order valence-electron chi connectivity index (χ3n) is 7.27. The lowest BCUT2D eigenvalue weighted by Crippen LogP contribution is -2.35. The standard InChI is InChI=1S/C30H41N3O3/c1-2-3-4-5-6-7-14-29(34)32-25-15-16-28(33-18-17-23-11-8-9-12-24(23)22-33)27(20-25)30(35)31-21-26-13-10-19-36-26/h8-9,11-12,15-16,20,26H,2-7,10,13-14,17-19,21-22H2,1H3,(H,31,35)(H,32,34). The maximum atomic E-state index is 13.3. The van der Waals surface area contributed by atoms with Gasteiger partial charge in [-0.05, 0) is 55.0 Å². The van der Waals surface area contributed by atoms with E-state index in [1.54, 1.807) is 0 Å². The van der Waals surface area contributed by atoms with Crippen molar-refractivity contribution in [1.82, 2.24) is 5.32 Å². The van der Waals surface area contributed by atoms with E-state index in [0.29, 0.717) is 24.2 Å². The summed E-state index contributed by atoms with van der Waals surface area (Å²) in [5.74, 6) is -0.109. The van der Waals surface area contributed by atoms with Crippen molar-refractivity contribution in [2.45, 2.75) is 83.8 Å². The molecule has 1 atom stereocenters. The molecule has 2 amide bonds. The SMILES string of the molecule is CCCCCCCCC(=O)Nc1ccc(N2CCc3ccccc3C2)c(C(=O)NCC2CCCO2)c1. The van der Waals surface area contributed by atoms with Gasteiger partial charge in [-0.25, -0.2) is 0 Å². The van der Waals surface area contributed by atoms with E-state index in [1.807, 2.05) is 18.2 Å². The monoisotopic (exact) mass is 491 g/mol. The van der Waals surface area contributed by atoms with Crippen molar-refractivity contribution in [3.05, 3.63) is 59.2 Å². The fourth-order valence-corrected chi connectivity index (χ4v) is 5.17. The van der Waals surface area contributed by atoms with Crippen LogP contribution in [0.1, 0.15) is 86.2 Å². The highest BCUT2D eigenvalue weighted by Crippen LogP contribution is 2.30. The van der Waals surface area contributed by atoms with E-state index in [1.165, 1.54) is 36.8 Å². The van der Waals surface area contributed by atoms with Gasteiger partial charge in [0.25, 0.3) is 5.91 Å². The second-order valence-corrected chi connectivity index (χ2v) is 10.1. The summed E-state index contributed by atoms with van der Waals surface area (Å²) in [5, 5.41) is 6.10. The highest BCUT2D eigenvalue weighted by molar-refractivity contribution is 6.02. The summed E-state index contributed by atoms with van der Waals surface area (Å²) in [7, 11) is 0. The summed E-state index contributed by atoms with van der Waals surface area (Å²) in [6.45, 7) is 5.10. The summed E-state index contributed by atoms with van der Waals surface area (Å²) in [5.41, 5.74) is 4.85. The lowest BCUT2D eigenvalue weighted by molar-refractivity contribution is -0.116. The molecule has 2 heterocycles. The third-order valence-corrected chi connectivity index (χ3v) is 7.27. The first kappa shape index (κ1) is 26.2. The van der Waals surface area contributed by atoms with E-state index in [2.05, 4.69) is 46.7 Å². The minimum Gasteiger partial charge on any atom is -0.376 e. The molecule has 1 saturated heterocycles. The maximum Gasteiger partial charge on any atom is 0.253 e. The van der Waals surface area contributed by atoms with E-state index < -0.39 is 0 Å². The number of nitrogens with one attached hydrogen (secondary N) is 2. The molecule has 2 aromatic carbocycles. The first-order chi connectivity index (χ1) is 17.6. The molecule has 2 aliphatic rings. The Balaban J connectivity index is 1.43. The summed E-state index contributed by atoms with van der Waals surface area (Å²) in [6.07, 6.45) is 10.5. The number of carbonyl (C=O) groups excluding carboxylic acids is 2. The molecule has 0 saturated carbocycles. The lowest BCUT2D eigenvalue weighted by atomic mass is 9.98. The molecular formula is C30H41N3O3. The zero-order valence-corrected chi connectivity index (χ0v) is 21.7. The van der Waals surface area contributed by atoms with Gasteiger partial charge in [0.15, 0.2) is 0 Å². The van der Waals surface area contributed by atoms with Crippen LogP contribution in [0.4, 0.5) is 11.4 Å². The van der Waals surface area contributed by atoms with Gasteiger partial charge in [-0.3, -0.25) is 9.59 Å². The van der Waals surface area contributed by atoms with Gasteiger partial charge in [0.2, 0.25) is 5.91 Å². The Morgan fingerprint density at radius 1 is 1.03 bits per heavy atom. The number of hydrogen-bond donors (Lipinski definition) is 2. The Kier molecular flexibility index (Phi) is 9.79. The van der Waals surface area contributed by atoms with Gasteiger partial charge < -0.3 is 20.3 Å². The lowest BCUT2D eigenvalue weighted by Gasteiger charge is -2.32. The number of unbranched alkanes of at least 4 members (excludes halogenated alkanes) is 5. The van der Waals surface area contributed by atoms with Gasteiger partial charge in [-0.1, -0.05) is 63.3 Å². The molecular weight excluding hydrogens is 450 g/mol. The molecule has 6 nitrogen and oxygen atoms in total. The van der Waals surface area contributed by atoms with Gasteiger partial charge in [-0.15, -0.1) is 0 Å². The molecule has 0 bridgehead atoms. The Labute approximate surface area is 215 Å². The molecule has 194 valence electrons. The molecule has 1 fully saturated rings. The second kappa shape index (κ2) is 13.4.